The number of hydrogen-bond donors (Lipinski definition) is 3. The smallest absolute Gasteiger partial charge is 0.262 e. The summed E-state index contributed by atoms with van der Waals surface area (Å²) in [4.78, 5) is 12.0. The van der Waals surface area contributed by atoms with Gasteiger partial charge >= 0.3 is 0 Å². The molecule has 1 aromatic carbocycles. The Bertz CT molecular complexity index is 922. The fraction of sp³-hybridized carbons (Fsp3) is 0.593. The lowest BCUT2D eigenvalue weighted by molar-refractivity contribution is -0.130. The van der Waals surface area contributed by atoms with Crippen LogP contribution in [0.15, 0.2) is 40.6 Å². The van der Waals surface area contributed by atoms with E-state index < -0.39 is 22.0 Å². The number of ether oxygens (including phenoxy) is 1. The van der Waals surface area contributed by atoms with Crippen LogP contribution < -0.4 is 14.9 Å². The molecule has 0 fully saturated rings. The molecule has 0 aromatic heterocycles. The number of hydroxylamine groups is 1. The lowest BCUT2D eigenvalue weighted by atomic mass is 10.1. The van der Waals surface area contributed by atoms with Gasteiger partial charge < -0.3 is 4.74 Å². The van der Waals surface area contributed by atoms with Crippen LogP contribution in [0.5, 0.6) is 5.75 Å². The van der Waals surface area contributed by atoms with E-state index in [0.717, 1.165) is 12.8 Å². The third-order valence-electron chi connectivity index (χ3n) is 5.53. The first-order valence-corrected chi connectivity index (χ1v) is 15.3. The van der Waals surface area contributed by atoms with Crippen molar-refractivity contribution in [2.75, 3.05) is 12.4 Å². The maximum atomic E-state index is 12.7. The minimum atomic E-state index is -3.97. The van der Waals surface area contributed by atoms with Crippen molar-refractivity contribution in [2.45, 2.75) is 95.4 Å². The van der Waals surface area contributed by atoms with Crippen LogP contribution in [0.25, 0.3) is 0 Å². The maximum Gasteiger partial charge on any atom is 0.262 e. The highest BCUT2D eigenvalue weighted by molar-refractivity contribution is 8.02. The fourth-order valence-corrected chi connectivity index (χ4v) is 5.55. The van der Waals surface area contributed by atoms with Gasteiger partial charge in [0.25, 0.3) is 5.91 Å². The Morgan fingerprint density at radius 2 is 1.67 bits per heavy atom. The number of sulfonamides is 1. The lowest BCUT2D eigenvalue weighted by Gasteiger charge is -2.16. The van der Waals surface area contributed by atoms with Crippen molar-refractivity contribution in [3.8, 4) is 17.6 Å². The molecule has 0 radical (unpaired) electrons. The molecule has 1 amide bonds. The summed E-state index contributed by atoms with van der Waals surface area (Å²) in [5.74, 6) is 5.30. The molecular formula is C27H42N2O5S2. The van der Waals surface area contributed by atoms with Crippen LogP contribution in [0.2, 0.25) is 0 Å². The highest BCUT2D eigenvalue weighted by Gasteiger charge is 2.25. The van der Waals surface area contributed by atoms with Gasteiger partial charge in [0.1, 0.15) is 18.4 Å². The summed E-state index contributed by atoms with van der Waals surface area (Å²) < 4.78 is 33.2. The van der Waals surface area contributed by atoms with E-state index in [9.17, 15) is 13.2 Å². The Kier molecular flexibility index (Phi) is 17.9. The van der Waals surface area contributed by atoms with Gasteiger partial charge in [0.2, 0.25) is 10.0 Å². The summed E-state index contributed by atoms with van der Waals surface area (Å²) in [6, 6.07) is 4.72. The zero-order valence-electron chi connectivity index (χ0n) is 21.6. The number of allylic oxidation sites excluding steroid dienone is 1. The molecule has 0 aliphatic heterocycles. The van der Waals surface area contributed by atoms with Crippen molar-refractivity contribution in [3.63, 3.8) is 0 Å². The number of thioether (sulfide) groups is 1. The molecule has 3 N–H and O–H groups in total. The molecule has 0 saturated heterocycles. The standard InChI is InChI=1S/C27H42N2O5S2/c1-3-5-7-8-9-10-11-12-13-14-15-16-22-35-23-26(27(30)28-31)29-36(32,33)25-19-17-24(18-20-25)34-21-6-4-2/h16-20,22,26,29,31H,3,5,7-15,21,23H2,1-2H3,(H,28,30)/b22-16-. The van der Waals surface area contributed by atoms with E-state index in [-0.39, 0.29) is 17.3 Å². The quantitative estimate of drug-likeness (QED) is 0.0839. The average Bonchev–Trinajstić information content (AvgIpc) is 2.88. The van der Waals surface area contributed by atoms with E-state index in [4.69, 9.17) is 9.94 Å². The van der Waals surface area contributed by atoms with Crippen molar-refractivity contribution in [1.29, 1.82) is 0 Å². The normalized spacial score (nSPS) is 12.2. The number of carbonyl (C=O) groups excluding carboxylic acids is 1. The lowest BCUT2D eigenvalue weighted by Crippen LogP contribution is -2.47. The van der Waals surface area contributed by atoms with E-state index >= 15 is 0 Å². The van der Waals surface area contributed by atoms with Crippen molar-refractivity contribution >= 4 is 27.7 Å². The fourth-order valence-electron chi connectivity index (χ4n) is 3.44. The predicted molar refractivity (Wildman–Crippen MR) is 147 cm³/mol. The Labute approximate surface area is 221 Å². The highest BCUT2D eigenvalue weighted by Crippen LogP contribution is 2.17. The minimum Gasteiger partial charge on any atom is -0.481 e. The van der Waals surface area contributed by atoms with Crippen LogP contribution in [-0.4, -0.2) is 37.9 Å². The predicted octanol–water partition coefficient (Wildman–Crippen LogP) is 5.80. The van der Waals surface area contributed by atoms with Crippen LogP contribution >= 0.6 is 11.8 Å². The molecule has 0 bridgehead atoms. The molecule has 0 saturated carbocycles. The highest BCUT2D eigenvalue weighted by atomic mass is 32.2. The van der Waals surface area contributed by atoms with Gasteiger partial charge in [0.05, 0.1) is 4.90 Å². The summed E-state index contributed by atoms with van der Waals surface area (Å²) in [6.07, 6.45) is 15.9. The number of rotatable bonds is 20. The molecule has 1 aromatic rings. The number of benzene rings is 1. The SMILES string of the molecule is CC#CCOc1ccc(S(=O)(=O)NC(CS/C=C\CCCCCCCCCCCC)C(=O)NO)cc1. The number of nitrogens with one attached hydrogen (secondary N) is 2. The number of hydrogen-bond acceptors (Lipinski definition) is 6. The molecule has 1 rings (SSSR count). The Balaban J connectivity index is 2.38. The largest absolute Gasteiger partial charge is 0.481 e. The zero-order chi connectivity index (χ0) is 26.5. The van der Waals surface area contributed by atoms with E-state index in [2.05, 4.69) is 23.5 Å². The van der Waals surface area contributed by atoms with E-state index in [1.165, 1.54) is 93.8 Å². The minimum absolute atomic E-state index is 0.00586. The maximum absolute atomic E-state index is 12.7. The van der Waals surface area contributed by atoms with Gasteiger partial charge in [-0.1, -0.05) is 76.7 Å². The summed E-state index contributed by atoms with van der Waals surface area (Å²) in [5, 5.41) is 10.9. The van der Waals surface area contributed by atoms with Gasteiger partial charge in [-0.2, -0.15) is 4.72 Å². The van der Waals surface area contributed by atoms with E-state index in [1.807, 2.05) is 11.5 Å². The van der Waals surface area contributed by atoms with Gasteiger partial charge in [0.15, 0.2) is 0 Å². The second-order valence-corrected chi connectivity index (χ2v) is 11.2. The molecule has 0 spiro atoms. The molecule has 1 unspecified atom stereocenters. The average molecular weight is 539 g/mol. The Hall–Kier alpha value is -1.99. The molecule has 36 heavy (non-hydrogen) atoms. The molecule has 1 atom stereocenters. The van der Waals surface area contributed by atoms with E-state index in [0.29, 0.717) is 5.75 Å². The summed E-state index contributed by atoms with van der Waals surface area (Å²) in [6.45, 7) is 4.15. The van der Waals surface area contributed by atoms with Crippen LogP contribution in [0.3, 0.4) is 0 Å². The molecule has 9 heteroatoms. The molecule has 0 aliphatic carbocycles. The van der Waals surface area contributed by atoms with Crippen molar-refractivity contribution in [2.24, 2.45) is 0 Å². The third-order valence-corrected chi connectivity index (χ3v) is 7.92. The van der Waals surface area contributed by atoms with Crippen LogP contribution in [0, 0.1) is 11.8 Å². The topological polar surface area (TPSA) is 105 Å². The number of unbranched alkanes of at least 4 members (excludes halogenated alkanes) is 10. The summed E-state index contributed by atoms with van der Waals surface area (Å²) in [5.41, 5.74) is 1.54. The molecular weight excluding hydrogens is 496 g/mol. The first-order chi connectivity index (χ1) is 17.4. The Morgan fingerprint density at radius 1 is 1.06 bits per heavy atom. The monoisotopic (exact) mass is 538 g/mol. The van der Waals surface area contributed by atoms with E-state index in [1.54, 1.807) is 12.4 Å². The van der Waals surface area contributed by atoms with Crippen molar-refractivity contribution in [3.05, 3.63) is 35.7 Å². The first-order valence-electron chi connectivity index (χ1n) is 12.8. The first kappa shape index (κ1) is 32.0. The van der Waals surface area contributed by atoms with Crippen molar-refractivity contribution in [1.82, 2.24) is 10.2 Å². The van der Waals surface area contributed by atoms with Gasteiger partial charge in [0, 0.05) is 5.75 Å². The summed E-state index contributed by atoms with van der Waals surface area (Å²) in [7, 11) is -3.97. The summed E-state index contributed by atoms with van der Waals surface area (Å²) >= 11 is 1.32. The number of carbonyl (C=O) groups is 1. The molecule has 202 valence electrons. The second-order valence-electron chi connectivity index (χ2n) is 8.51. The molecule has 7 nitrogen and oxygen atoms in total. The van der Waals surface area contributed by atoms with Crippen LogP contribution in [0.4, 0.5) is 0 Å². The molecule has 0 aliphatic rings. The van der Waals surface area contributed by atoms with Crippen LogP contribution in [0.1, 0.15) is 84.5 Å². The van der Waals surface area contributed by atoms with Gasteiger partial charge in [-0.15, -0.1) is 17.7 Å². The second kappa shape index (κ2) is 20.1. The van der Waals surface area contributed by atoms with Crippen LogP contribution in [-0.2, 0) is 14.8 Å². The number of amides is 1. The Morgan fingerprint density at radius 3 is 2.25 bits per heavy atom. The van der Waals surface area contributed by atoms with Crippen molar-refractivity contribution < 1.29 is 23.2 Å². The third kappa shape index (κ3) is 14.5. The van der Waals surface area contributed by atoms with Gasteiger partial charge in [-0.05, 0) is 49.4 Å². The molecule has 0 heterocycles. The van der Waals surface area contributed by atoms with Gasteiger partial charge in [-0.3, -0.25) is 10.0 Å². The van der Waals surface area contributed by atoms with Gasteiger partial charge in [-0.25, -0.2) is 13.9 Å². The zero-order valence-corrected chi connectivity index (χ0v) is 23.3.